The molecule has 4 atom stereocenters. The van der Waals surface area contributed by atoms with E-state index in [0.29, 0.717) is 38.9 Å². The summed E-state index contributed by atoms with van der Waals surface area (Å²) < 4.78 is 1.41. The number of aromatic nitrogens is 3. The molecule has 0 aliphatic heterocycles. The number of halogens is 1. The van der Waals surface area contributed by atoms with Gasteiger partial charge in [0.05, 0.1) is 11.9 Å². The molecule has 5 rings (SSSR count). The molecule has 2 aromatic heterocycles. The summed E-state index contributed by atoms with van der Waals surface area (Å²) in [4.78, 5) is 29.1. The van der Waals surface area contributed by atoms with Crippen LogP contribution in [0, 0.1) is 23.2 Å². The Morgan fingerprint density at radius 1 is 1.34 bits per heavy atom. The number of nitrogens with zero attached hydrogens (tertiary/aromatic N) is 4. The van der Waals surface area contributed by atoms with Crippen molar-refractivity contribution in [2.45, 2.75) is 46.2 Å². The van der Waals surface area contributed by atoms with Crippen molar-refractivity contribution in [2.24, 2.45) is 28.3 Å². The molecule has 0 aromatic carbocycles. The number of amides is 1. The quantitative estimate of drug-likeness (QED) is 0.250. The van der Waals surface area contributed by atoms with Crippen molar-refractivity contribution in [3.63, 3.8) is 0 Å². The fourth-order valence-electron chi connectivity index (χ4n) is 5.19. The number of pyridine rings is 1. The normalized spacial score (nSPS) is 26.2. The third-order valence-electron chi connectivity index (χ3n) is 7.28. The zero-order valence-electron chi connectivity index (χ0n) is 18.2. The lowest BCUT2D eigenvalue weighted by Crippen LogP contribution is -2.58. The van der Waals surface area contributed by atoms with Gasteiger partial charge in [-0.25, -0.2) is 4.68 Å². The Balaban J connectivity index is 1.43. The number of amidine groups is 1. The van der Waals surface area contributed by atoms with Gasteiger partial charge in [0, 0.05) is 24.0 Å². The topological polar surface area (TPSA) is 122 Å². The summed E-state index contributed by atoms with van der Waals surface area (Å²) in [6, 6.07) is 3.47. The predicted octanol–water partition coefficient (Wildman–Crippen LogP) is 2.84. The van der Waals surface area contributed by atoms with E-state index in [0.717, 1.165) is 11.1 Å². The molecule has 0 unspecified atom stereocenters. The molecule has 9 nitrogen and oxygen atoms in total. The van der Waals surface area contributed by atoms with Crippen molar-refractivity contribution in [1.82, 2.24) is 20.1 Å². The summed E-state index contributed by atoms with van der Waals surface area (Å²) in [5, 5.41) is 22.5. The Hall–Kier alpha value is -2.75. The number of carbonyl (C=O) groups excluding carboxylic acids is 1. The predicted molar refractivity (Wildman–Crippen MR) is 123 cm³/mol. The molecule has 1 amide bonds. The maximum atomic E-state index is 12.8. The van der Waals surface area contributed by atoms with E-state index in [1.807, 2.05) is 0 Å². The van der Waals surface area contributed by atoms with Crippen LogP contribution >= 0.6 is 15.9 Å². The van der Waals surface area contributed by atoms with Gasteiger partial charge in [0.1, 0.15) is 11.0 Å². The van der Waals surface area contributed by atoms with Gasteiger partial charge in [-0.2, -0.15) is 5.10 Å². The van der Waals surface area contributed by atoms with Gasteiger partial charge in [0.2, 0.25) is 5.91 Å². The smallest absolute Gasteiger partial charge is 0.283 e. The highest BCUT2D eigenvalue weighted by molar-refractivity contribution is 9.10. The van der Waals surface area contributed by atoms with E-state index in [1.54, 1.807) is 18.3 Å². The average molecular weight is 503 g/mol. The van der Waals surface area contributed by atoms with E-state index in [1.165, 1.54) is 18.8 Å². The Bertz CT molecular complexity index is 1100. The van der Waals surface area contributed by atoms with Gasteiger partial charge in [0.15, 0.2) is 5.84 Å². The zero-order chi connectivity index (χ0) is 23.0. The number of fused-ring (bicyclic) bond motifs is 2. The Labute approximate surface area is 194 Å². The molecule has 3 N–H and O–H groups in total. The molecular weight excluding hydrogens is 476 g/mol. The Morgan fingerprint density at radius 3 is 2.69 bits per heavy atom. The van der Waals surface area contributed by atoms with Gasteiger partial charge >= 0.3 is 0 Å². The van der Waals surface area contributed by atoms with Crippen molar-refractivity contribution in [3.05, 3.63) is 51.1 Å². The van der Waals surface area contributed by atoms with E-state index in [4.69, 9.17) is 0 Å². The van der Waals surface area contributed by atoms with Gasteiger partial charge in [-0.15, -0.1) is 0 Å². The second-order valence-electron chi connectivity index (χ2n) is 9.27. The summed E-state index contributed by atoms with van der Waals surface area (Å²) in [6.45, 7) is 6.66. The largest absolute Gasteiger partial charge is 0.409 e. The number of hydrogen-bond acceptors (Lipinski definition) is 7. The first kappa shape index (κ1) is 22.4. The average Bonchev–Trinajstić information content (AvgIpc) is 2.78. The second-order valence-corrected chi connectivity index (χ2v) is 10.1. The fourth-order valence-corrected chi connectivity index (χ4v) is 5.61. The number of anilines is 1. The van der Waals surface area contributed by atoms with Crippen LogP contribution in [0.3, 0.4) is 0 Å². The minimum Gasteiger partial charge on any atom is -0.409 e. The SMILES string of the molecule is C[C@H]1[C@H](Nc2cnn(CC(=O)N/C(=N/O)c3ccncc3)c(=O)c2Br)C[C@H]2C[C@@H]1C2(C)C. The van der Waals surface area contributed by atoms with Crippen molar-refractivity contribution in [3.8, 4) is 0 Å². The van der Waals surface area contributed by atoms with Gasteiger partial charge < -0.3 is 15.8 Å². The highest BCUT2D eigenvalue weighted by Gasteiger charge is 2.56. The lowest BCUT2D eigenvalue weighted by Gasteiger charge is -2.62. The molecule has 2 aromatic rings. The number of nitrogens with one attached hydrogen (secondary N) is 2. The Kier molecular flexibility index (Phi) is 6.07. The molecular formula is C22H27BrN6O3. The number of rotatable bonds is 5. The molecule has 3 saturated carbocycles. The summed E-state index contributed by atoms with van der Waals surface area (Å²) in [6.07, 6.45) is 6.95. The molecule has 0 spiro atoms. The van der Waals surface area contributed by atoms with Gasteiger partial charge in [-0.05, 0) is 64.1 Å². The van der Waals surface area contributed by atoms with E-state index in [9.17, 15) is 14.8 Å². The first-order valence-electron chi connectivity index (χ1n) is 10.7. The van der Waals surface area contributed by atoms with E-state index < -0.39 is 11.5 Å². The van der Waals surface area contributed by atoms with Crippen LogP contribution in [0.5, 0.6) is 0 Å². The molecule has 3 fully saturated rings. The highest BCUT2D eigenvalue weighted by Crippen LogP contribution is 2.61. The van der Waals surface area contributed by atoms with Crippen LogP contribution in [-0.2, 0) is 11.3 Å². The lowest BCUT2D eigenvalue weighted by molar-refractivity contribution is -0.120. The summed E-state index contributed by atoms with van der Waals surface area (Å²) in [5.74, 6) is 1.30. The monoisotopic (exact) mass is 502 g/mol. The third kappa shape index (κ3) is 4.03. The van der Waals surface area contributed by atoms with Crippen LogP contribution in [0.15, 0.2) is 45.1 Å². The van der Waals surface area contributed by atoms with Gasteiger partial charge in [0.25, 0.3) is 5.56 Å². The standard InChI is InChI=1S/C22H27BrN6O3/c1-12-15-8-14(22(15,2)3)9-16(12)26-17-10-25-29(21(31)19(17)23)11-18(30)27-20(28-32)13-4-6-24-7-5-13/h4-7,10,12,14-16,26,32H,8-9,11H2,1-3H3,(H,27,28,30)/t12-,14-,15+,16-/m1/s1. The van der Waals surface area contributed by atoms with Crippen LogP contribution in [0.25, 0.3) is 0 Å². The Morgan fingerprint density at radius 2 is 2.06 bits per heavy atom. The van der Waals surface area contributed by atoms with Gasteiger partial charge in [-0.1, -0.05) is 25.9 Å². The minimum absolute atomic E-state index is 0.0319. The van der Waals surface area contributed by atoms with Crippen LogP contribution in [-0.4, -0.2) is 37.8 Å². The fraction of sp³-hybridized carbons (Fsp3) is 0.500. The lowest BCUT2D eigenvalue weighted by atomic mass is 9.45. The molecule has 170 valence electrons. The van der Waals surface area contributed by atoms with E-state index in [2.05, 4.69) is 62.6 Å². The maximum Gasteiger partial charge on any atom is 0.283 e. The van der Waals surface area contributed by atoms with Crippen molar-refractivity contribution in [1.29, 1.82) is 0 Å². The first-order valence-corrected chi connectivity index (χ1v) is 11.5. The molecule has 2 heterocycles. The zero-order valence-corrected chi connectivity index (χ0v) is 19.8. The molecule has 0 saturated heterocycles. The maximum absolute atomic E-state index is 12.8. The van der Waals surface area contributed by atoms with E-state index >= 15 is 0 Å². The third-order valence-corrected chi connectivity index (χ3v) is 8.05. The van der Waals surface area contributed by atoms with Crippen molar-refractivity contribution in [2.75, 3.05) is 5.32 Å². The summed E-state index contributed by atoms with van der Waals surface area (Å²) in [5.41, 5.74) is 1.10. The number of carbonyl (C=O) groups is 1. The van der Waals surface area contributed by atoms with Crippen LogP contribution in [0.1, 0.15) is 39.2 Å². The number of oxime groups is 1. The molecule has 0 radical (unpaired) electrons. The van der Waals surface area contributed by atoms with Crippen LogP contribution in [0.4, 0.5) is 5.69 Å². The summed E-state index contributed by atoms with van der Waals surface area (Å²) >= 11 is 3.38. The highest BCUT2D eigenvalue weighted by atomic mass is 79.9. The molecule has 10 heteroatoms. The molecule has 2 bridgehead atoms. The molecule has 3 aliphatic rings. The summed E-state index contributed by atoms with van der Waals surface area (Å²) in [7, 11) is 0. The minimum atomic E-state index is -0.542. The van der Waals surface area contributed by atoms with Crippen molar-refractivity contribution < 1.29 is 10.0 Å². The van der Waals surface area contributed by atoms with E-state index in [-0.39, 0.29) is 18.4 Å². The first-order chi connectivity index (χ1) is 15.2. The van der Waals surface area contributed by atoms with Crippen LogP contribution < -0.4 is 16.2 Å². The van der Waals surface area contributed by atoms with Crippen molar-refractivity contribution >= 4 is 33.4 Å². The molecule has 32 heavy (non-hydrogen) atoms. The number of hydrogen-bond donors (Lipinski definition) is 3. The second kappa shape index (κ2) is 8.65. The molecule has 3 aliphatic carbocycles. The van der Waals surface area contributed by atoms with Gasteiger partial charge in [-0.3, -0.25) is 14.6 Å². The van der Waals surface area contributed by atoms with Crippen LogP contribution in [0.2, 0.25) is 0 Å².